The minimum absolute atomic E-state index is 0.0496. The number of carbonyl (C=O) groups is 1. The van der Waals surface area contributed by atoms with Gasteiger partial charge in [0.1, 0.15) is 17.5 Å². The molecule has 0 saturated carbocycles. The van der Waals surface area contributed by atoms with Crippen molar-refractivity contribution in [2.75, 3.05) is 19.8 Å². The topological polar surface area (TPSA) is 117 Å². The van der Waals surface area contributed by atoms with Crippen LogP contribution in [0.5, 0.6) is 0 Å². The van der Waals surface area contributed by atoms with Gasteiger partial charge in [0.15, 0.2) is 0 Å². The van der Waals surface area contributed by atoms with Crippen LogP contribution < -0.4 is 10.9 Å². The Kier molecular flexibility index (Phi) is 8.37. The van der Waals surface area contributed by atoms with E-state index in [-0.39, 0.29) is 11.7 Å². The highest BCUT2D eigenvalue weighted by atomic mass is 16.6. The fourth-order valence-corrected chi connectivity index (χ4v) is 4.58. The lowest BCUT2D eigenvalue weighted by molar-refractivity contribution is -0.160. The number of aryl methyl sites for hydroxylation is 2. The Labute approximate surface area is 222 Å². The molecule has 0 bridgehead atoms. The quantitative estimate of drug-likeness (QED) is 0.430. The molecule has 10 heteroatoms. The Morgan fingerprint density at radius 1 is 1.29 bits per heavy atom. The maximum absolute atomic E-state index is 12.6. The van der Waals surface area contributed by atoms with Gasteiger partial charge in [0.2, 0.25) is 0 Å². The number of pyridine rings is 1. The van der Waals surface area contributed by atoms with Crippen LogP contribution in [0.15, 0.2) is 35.3 Å². The fourth-order valence-electron chi connectivity index (χ4n) is 4.58. The van der Waals surface area contributed by atoms with E-state index < -0.39 is 23.7 Å². The third-order valence-electron chi connectivity index (χ3n) is 6.37. The van der Waals surface area contributed by atoms with Gasteiger partial charge in [0, 0.05) is 30.9 Å². The summed E-state index contributed by atoms with van der Waals surface area (Å²) in [6.45, 7) is 11.3. The van der Waals surface area contributed by atoms with E-state index in [1.165, 1.54) is 0 Å². The van der Waals surface area contributed by atoms with Gasteiger partial charge in [0.25, 0.3) is 5.56 Å². The first-order chi connectivity index (χ1) is 17.9. The van der Waals surface area contributed by atoms with Crippen LogP contribution in [-0.2, 0) is 39.1 Å². The number of hydrogen-bond acceptors (Lipinski definition) is 8. The Morgan fingerprint density at radius 3 is 2.68 bits per heavy atom. The summed E-state index contributed by atoms with van der Waals surface area (Å²) in [5, 5.41) is 13.3. The predicted octanol–water partition coefficient (Wildman–Crippen LogP) is 2.31. The molecule has 38 heavy (non-hydrogen) atoms. The number of aromatic nitrogens is 3. The number of carbonyl (C=O) groups excluding carboxylic acids is 1. The zero-order valence-corrected chi connectivity index (χ0v) is 23.0. The molecular weight excluding hydrogens is 488 g/mol. The van der Waals surface area contributed by atoms with Crippen LogP contribution in [0.3, 0.4) is 0 Å². The van der Waals surface area contributed by atoms with Crippen molar-refractivity contribution in [3.63, 3.8) is 0 Å². The van der Waals surface area contributed by atoms with Crippen molar-refractivity contribution in [2.24, 2.45) is 7.05 Å². The summed E-state index contributed by atoms with van der Waals surface area (Å²) < 4.78 is 20.7. The van der Waals surface area contributed by atoms with Crippen LogP contribution in [0.25, 0.3) is 22.4 Å². The summed E-state index contributed by atoms with van der Waals surface area (Å²) in [7, 11) is 1.73. The maximum atomic E-state index is 12.6. The van der Waals surface area contributed by atoms with Crippen molar-refractivity contribution in [3.05, 3.63) is 51.9 Å². The lowest BCUT2D eigenvalue weighted by Crippen LogP contribution is -2.47. The number of benzene rings is 1. The van der Waals surface area contributed by atoms with E-state index in [0.717, 1.165) is 28.0 Å². The van der Waals surface area contributed by atoms with Crippen molar-refractivity contribution in [2.45, 2.75) is 71.6 Å². The van der Waals surface area contributed by atoms with Crippen LogP contribution >= 0.6 is 0 Å². The van der Waals surface area contributed by atoms with E-state index in [9.17, 15) is 14.7 Å². The Bertz CT molecular complexity index is 1320. The Hall–Kier alpha value is -3.05. The lowest BCUT2D eigenvalue weighted by atomic mass is 10.1. The Balaban J connectivity index is 1.66. The average Bonchev–Trinajstić information content (AvgIpc) is 3.19. The van der Waals surface area contributed by atoms with E-state index in [1.54, 1.807) is 52.4 Å². The zero-order chi connectivity index (χ0) is 27.6. The summed E-state index contributed by atoms with van der Waals surface area (Å²) in [5.41, 5.74) is 3.36. The standard InChI is InChI=1S/C28H38N4O6/c1-17-11-20(14-31(6)26(17)34)25-30-22-12-19(13-29-24(18(2)33)27(35)38-28(3,4)5)7-8-23(22)32(25)15-21-16-36-9-10-37-21/h7-8,11-12,14,18,21,24,29,33H,9-10,13,15-16H2,1-6H3/t18-,21-,24-/m1/s1. The first-order valence-corrected chi connectivity index (χ1v) is 12.9. The molecule has 1 aromatic carbocycles. The van der Waals surface area contributed by atoms with E-state index in [0.29, 0.717) is 38.5 Å². The molecule has 4 rings (SSSR count). The normalized spacial score (nSPS) is 17.9. The first kappa shape index (κ1) is 28.0. The minimum atomic E-state index is -0.926. The maximum Gasteiger partial charge on any atom is 0.326 e. The predicted molar refractivity (Wildman–Crippen MR) is 144 cm³/mol. The van der Waals surface area contributed by atoms with Gasteiger partial charge in [-0.2, -0.15) is 0 Å². The molecule has 0 radical (unpaired) electrons. The number of aliphatic hydroxyl groups is 1. The second kappa shape index (κ2) is 11.4. The largest absolute Gasteiger partial charge is 0.459 e. The summed E-state index contributed by atoms with van der Waals surface area (Å²) in [5.74, 6) is 0.230. The van der Waals surface area contributed by atoms with E-state index in [2.05, 4.69) is 9.88 Å². The van der Waals surface area contributed by atoms with E-state index in [1.807, 2.05) is 24.3 Å². The van der Waals surface area contributed by atoms with E-state index >= 15 is 0 Å². The molecule has 1 aliphatic heterocycles. The smallest absolute Gasteiger partial charge is 0.326 e. The molecule has 0 spiro atoms. The molecule has 3 heterocycles. The van der Waals surface area contributed by atoms with Gasteiger partial charge in [-0.25, -0.2) is 4.98 Å². The summed E-state index contributed by atoms with van der Waals surface area (Å²) >= 11 is 0. The van der Waals surface area contributed by atoms with Crippen molar-refractivity contribution in [1.29, 1.82) is 0 Å². The molecule has 3 atom stereocenters. The van der Waals surface area contributed by atoms with Crippen LogP contribution in [-0.4, -0.2) is 68.9 Å². The number of fused-ring (bicyclic) bond motifs is 1. The number of ether oxygens (including phenoxy) is 3. The first-order valence-electron chi connectivity index (χ1n) is 12.9. The number of esters is 1. The van der Waals surface area contributed by atoms with Crippen LogP contribution in [0.1, 0.15) is 38.8 Å². The third kappa shape index (κ3) is 6.50. The molecule has 0 aliphatic carbocycles. The third-order valence-corrected chi connectivity index (χ3v) is 6.37. The van der Waals surface area contributed by atoms with Crippen LogP contribution in [0, 0.1) is 6.92 Å². The number of imidazole rings is 1. The molecule has 0 amide bonds. The molecule has 2 aromatic heterocycles. The fraction of sp³-hybridized carbons (Fsp3) is 0.536. The van der Waals surface area contributed by atoms with Gasteiger partial charge in [-0.05, 0) is 58.4 Å². The zero-order valence-electron chi connectivity index (χ0n) is 23.0. The highest BCUT2D eigenvalue weighted by Gasteiger charge is 2.28. The van der Waals surface area contributed by atoms with Gasteiger partial charge in [-0.1, -0.05) is 6.07 Å². The molecule has 3 aromatic rings. The highest BCUT2D eigenvalue weighted by molar-refractivity contribution is 5.81. The molecule has 206 valence electrons. The second-order valence-corrected chi connectivity index (χ2v) is 10.9. The van der Waals surface area contributed by atoms with Crippen molar-refractivity contribution in [1.82, 2.24) is 19.4 Å². The molecule has 0 unspecified atom stereocenters. The van der Waals surface area contributed by atoms with Gasteiger partial charge < -0.3 is 28.5 Å². The van der Waals surface area contributed by atoms with Crippen molar-refractivity contribution < 1.29 is 24.1 Å². The van der Waals surface area contributed by atoms with Crippen molar-refractivity contribution >= 4 is 17.0 Å². The summed E-state index contributed by atoms with van der Waals surface area (Å²) in [6, 6.07) is 6.91. The molecule has 10 nitrogen and oxygen atoms in total. The van der Waals surface area contributed by atoms with Crippen molar-refractivity contribution in [3.8, 4) is 11.4 Å². The molecule has 2 N–H and O–H groups in total. The number of nitrogens with zero attached hydrogens (tertiary/aromatic N) is 3. The number of rotatable bonds is 8. The summed E-state index contributed by atoms with van der Waals surface area (Å²) in [4.78, 5) is 29.9. The highest BCUT2D eigenvalue weighted by Crippen LogP contribution is 2.27. The molecule has 1 saturated heterocycles. The summed E-state index contributed by atoms with van der Waals surface area (Å²) in [6.07, 6.45) is 0.752. The number of nitrogens with one attached hydrogen (secondary N) is 1. The monoisotopic (exact) mass is 526 g/mol. The molecule has 1 aliphatic rings. The number of aliphatic hydroxyl groups excluding tert-OH is 1. The minimum Gasteiger partial charge on any atom is -0.459 e. The molecular formula is C28H38N4O6. The number of hydrogen-bond donors (Lipinski definition) is 2. The average molecular weight is 527 g/mol. The van der Waals surface area contributed by atoms with Gasteiger partial charge in [0.05, 0.1) is 49.6 Å². The van der Waals surface area contributed by atoms with Crippen LogP contribution in [0.2, 0.25) is 0 Å². The van der Waals surface area contributed by atoms with Gasteiger partial charge in [-0.15, -0.1) is 0 Å². The van der Waals surface area contributed by atoms with Crippen LogP contribution in [0.4, 0.5) is 0 Å². The lowest BCUT2D eigenvalue weighted by Gasteiger charge is -2.26. The van der Waals surface area contributed by atoms with Gasteiger partial charge in [-0.3, -0.25) is 14.9 Å². The van der Waals surface area contributed by atoms with E-state index in [4.69, 9.17) is 19.2 Å². The van der Waals surface area contributed by atoms with Gasteiger partial charge >= 0.3 is 5.97 Å². The Morgan fingerprint density at radius 2 is 2.05 bits per heavy atom. The molecule has 1 fully saturated rings. The SMILES string of the molecule is Cc1cc(-c2nc3cc(CN[C@@H](C(=O)OC(C)(C)C)[C@@H](C)O)ccc3n2C[C@@H]2COCCO2)cn(C)c1=O. The second-order valence-electron chi connectivity index (χ2n) is 10.9.